The summed E-state index contributed by atoms with van der Waals surface area (Å²) in [6.45, 7) is 1.05. The molecule has 21 heavy (non-hydrogen) atoms. The molecule has 1 aromatic carbocycles. The number of amides is 1. The predicted octanol–water partition coefficient (Wildman–Crippen LogP) is 0.563. The second-order valence-corrected chi connectivity index (χ2v) is 5.34. The highest BCUT2D eigenvalue weighted by atomic mass is 16.3. The normalized spacial score (nSPS) is 21.7. The Bertz CT molecular complexity index is 661. The van der Waals surface area contributed by atoms with Crippen LogP contribution in [0.3, 0.4) is 0 Å². The summed E-state index contributed by atoms with van der Waals surface area (Å²) < 4.78 is 0. The molecular weight excluding hydrogens is 268 g/mol. The zero-order valence-corrected chi connectivity index (χ0v) is 11.9. The summed E-state index contributed by atoms with van der Waals surface area (Å²) in [4.78, 5) is 22.3. The predicted molar refractivity (Wildman–Crippen MR) is 79.9 cm³/mol. The Labute approximate surface area is 122 Å². The lowest BCUT2D eigenvalue weighted by Crippen LogP contribution is -2.27. The van der Waals surface area contributed by atoms with Crippen LogP contribution in [0.5, 0.6) is 0 Å². The number of aliphatic hydroxyl groups excluding tert-OH is 1. The van der Waals surface area contributed by atoms with Crippen molar-refractivity contribution in [2.24, 2.45) is 5.92 Å². The minimum atomic E-state index is -0.530. The largest absolute Gasteiger partial charge is 0.391 e. The lowest BCUT2D eigenvalue weighted by Gasteiger charge is -2.16. The Kier molecular flexibility index (Phi) is 3.70. The van der Waals surface area contributed by atoms with Crippen LogP contribution >= 0.6 is 0 Å². The van der Waals surface area contributed by atoms with Gasteiger partial charge in [-0.05, 0) is 6.07 Å². The molecule has 1 fully saturated rings. The minimum absolute atomic E-state index is 0.0553. The van der Waals surface area contributed by atoms with Crippen LogP contribution in [0.15, 0.2) is 30.5 Å². The number of carbonyl (C=O) groups excluding carboxylic acids is 1. The molecule has 1 aliphatic rings. The number of rotatable bonds is 3. The fourth-order valence-electron chi connectivity index (χ4n) is 2.67. The molecule has 0 aliphatic carbocycles. The quantitative estimate of drug-likeness (QED) is 0.862. The number of carbonyl (C=O) groups is 1. The van der Waals surface area contributed by atoms with Crippen molar-refractivity contribution in [2.45, 2.75) is 12.5 Å². The van der Waals surface area contributed by atoms with Gasteiger partial charge in [-0.2, -0.15) is 0 Å². The van der Waals surface area contributed by atoms with Crippen LogP contribution in [0.25, 0.3) is 10.9 Å². The second kappa shape index (κ2) is 5.65. The van der Waals surface area contributed by atoms with Crippen molar-refractivity contribution in [3.05, 3.63) is 30.5 Å². The number of hydrogen-bond acceptors (Lipinski definition) is 5. The highest BCUT2D eigenvalue weighted by Gasteiger charge is 2.33. The molecule has 0 saturated carbocycles. The zero-order chi connectivity index (χ0) is 14.8. The zero-order valence-electron chi connectivity index (χ0n) is 11.9. The van der Waals surface area contributed by atoms with E-state index < -0.39 is 6.10 Å². The molecule has 0 unspecified atom stereocenters. The van der Waals surface area contributed by atoms with Gasteiger partial charge in [0, 0.05) is 44.1 Å². The smallest absolute Gasteiger partial charge is 0.225 e. The summed E-state index contributed by atoms with van der Waals surface area (Å²) in [5, 5.41) is 13.7. The van der Waals surface area contributed by atoms with Gasteiger partial charge < -0.3 is 15.3 Å². The number of nitrogens with zero attached hydrogens (tertiary/aromatic N) is 3. The molecule has 1 aromatic heterocycles. The van der Waals surface area contributed by atoms with Crippen molar-refractivity contribution in [1.82, 2.24) is 15.3 Å². The van der Waals surface area contributed by atoms with Crippen LogP contribution in [0.1, 0.15) is 6.42 Å². The van der Waals surface area contributed by atoms with Gasteiger partial charge in [-0.15, -0.1) is 0 Å². The van der Waals surface area contributed by atoms with Gasteiger partial charge in [0.2, 0.25) is 11.9 Å². The molecular formula is C15H18N4O2. The molecule has 6 heteroatoms. The summed E-state index contributed by atoms with van der Waals surface area (Å²) in [5.41, 5.74) is 0.881. The van der Waals surface area contributed by atoms with Crippen LogP contribution < -0.4 is 10.2 Å². The van der Waals surface area contributed by atoms with E-state index in [4.69, 9.17) is 0 Å². The van der Waals surface area contributed by atoms with Crippen LogP contribution in [0.4, 0.5) is 5.95 Å². The minimum Gasteiger partial charge on any atom is -0.391 e. The lowest BCUT2D eigenvalue weighted by molar-refractivity contribution is -0.122. The molecule has 2 atom stereocenters. The van der Waals surface area contributed by atoms with Crippen molar-refractivity contribution in [1.29, 1.82) is 0 Å². The number of aromatic nitrogens is 2. The van der Waals surface area contributed by atoms with E-state index in [1.165, 1.54) is 0 Å². The summed E-state index contributed by atoms with van der Waals surface area (Å²) >= 11 is 0. The van der Waals surface area contributed by atoms with E-state index >= 15 is 0 Å². The maximum Gasteiger partial charge on any atom is 0.225 e. The van der Waals surface area contributed by atoms with Gasteiger partial charge in [-0.1, -0.05) is 18.2 Å². The molecule has 2 aromatic rings. The number of aliphatic hydroxyl groups is 1. The third-order valence-corrected chi connectivity index (χ3v) is 3.89. The molecule has 3 rings (SSSR count). The van der Waals surface area contributed by atoms with E-state index in [1.807, 2.05) is 29.2 Å². The molecule has 1 saturated heterocycles. The first-order chi connectivity index (χ1) is 10.2. The Morgan fingerprint density at radius 1 is 1.43 bits per heavy atom. The average Bonchev–Trinajstić information content (AvgIpc) is 2.87. The van der Waals surface area contributed by atoms with Gasteiger partial charge >= 0.3 is 0 Å². The molecule has 2 N–H and O–H groups in total. The van der Waals surface area contributed by atoms with Gasteiger partial charge in [0.15, 0.2) is 0 Å². The van der Waals surface area contributed by atoms with E-state index in [0.29, 0.717) is 25.5 Å². The molecule has 110 valence electrons. The molecule has 0 bridgehead atoms. The number of anilines is 1. The SMILES string of the molecule is CNC(=O)C[C@@H]1CN(c2ncc3ccccc3n2)C[C@H]1O. The van der Waals surface area contributed by atoms with Crippen LogP contribution in [-0.4, -0.2) is 47.2 Å². The fraction of sp³-hybridized carbons (Fsp3) is 0.400. The number of β-amino-alcohol motifs (C(OH)–C–C–N with tert-alkyl or cyclic N) is 1. The van der Waals surface area contributed by atoms with Crippen molar-refractivity contribution in [3.63, 3.8) is 0 Å². The standard InChI is InChI=1S/C15H18N4O2/c1-16-14(21)6-11-8-19(9-13(11)20)15-17-7-10-4-2-3-5-12(10)18-15/h2-5,7,11,13,20H,6,8-9H2,1H3,(H,16,21)/t11-,13-/m1/s1. The first-order valence-electron chi connectivity index (χ1n) is 7.03. The first kappa shape index (κ1) is 13.8. The first-order valence-corrected chi connectivity index (χ1v) is 7.03. The molecule has 0 spiro atoms. The molecule has 1 amide bonds. The van der Waals surface area contributed by atoms with Crippen molar-refractivity contribution in [2.75, 3.05) is 25.0 Å². The van der Waals surface area contributed by atoms with Gasteiger partial charge in [0.25, 0.3) is 0 Å². The van der Waals surface area contributed by atoms with Gasteiger partial charge in [-0.25, -0.2) is 9.97 Å². The highest BCUT2D eigenvalue weighted by molar-refractivity contribution is 5.78. The molecule has 6 nitrogen and oxygen atoms in total. The van der Waals surface area contributed by atoms with E-state index in [2.05, 4.69) is 15.3 Å². The highest BCUT2D eigenvalue weighted by Crippen LogP contribution is 2.24. The van der Waals surface area contributed by atoms with E-state index in [1.54, 1.807) is 13.2 Å². The second-order valence-electron chi connectivity index (χ2n) is 5.34. The Hall–Kier alpha value is -2.21. The van der Waals surface area contributed by atoms with Gasteiger partial charge in [-0.3, -0.25) is 4.79 Å². The van der Waals surface area contributed by atoms with Gasteiger partial charge in [0.05, 0.1) is 11.6 Å². The Balaban J connectivity index is 1.78. The number of benzene rings is 1. The lowest BCUT2D eigenvalue weighted by atomic mass is 10.0. The number of hydrogen-bond donors (Lipinski definition) is 2. The summed E-state index contributed by atoms with van der Waals surface area (Å²) in [6.07, 6.45) is 1.58. The Morgan fingerprint density at radius 2 is 2.24 bits per heavy atom. The molecule has 0 radical (unpaired) electrons. The molecule has 1 aliphatic heterocycles. The van der Waals surface area contributed by atoms with Crippen molar-refractivity contribution >= 4 is 22.8 Å². The van der Waals surface area contributed by atoms with Crippen LogP contribution in [0.2, 0.25) is 0 Å². The fourth-order valence-corrected chi connectivity index (χ4v) is 2.67. The third kappa shape index (κ3) is 2.80. The van der Waals surface area contributed by atoms with Gasteiger partial charge in [0.1, 0.15) is 0 Å². The summed E-state index contributed by atoms with van der Waals surface area (Å²) in [7, 11) is 1.61. The van der Waals surface area contributed by atoms with E-state index in [9.17, 15) is 9.90 Å². The van der Waals surface area contributed by atoms with Crippen LogP contribution in [0, 0.1) is 5.92 Å². The number of para-hydroxylation sites is 1. The number of nitrogens with one attached hydrogen (secondary N) is 1. The maximum atomic E-state index is 11.5. The van der Waals surface area contributed by atoms with E-state index in [0.717, 1.165) is 10.9 Å². The summed E-state index contributed by atoms with van der Waals surface area (Å²) in [5.74, 6) is 0.465. The van der Waals surface area contributed by atoms with Crippen LogP contribution in [-0.2, 0) is 4.79 Å². The monoisotopic (exact) mass is 286 g/mol. The third-order valence-electron chi connectivity index (χ3n) is 3.89. The van der Waals surface area contributed by atoms with E-state index in [-0.39, 0.29) is 11.8 Å². The maximum absolute atomic E-state index is 11.5. The molecule has 2 heterocycles. The average molecular weight is 286 g/mol. The number of fused-ring (bicyclic) bond motifs is 1. The topological polar surface area (TPSA) is 78.4 Å². The summed E-state index contributed by atoms with van der Waals surface area (Å²) in [6, 6.07) is 7.79. The Morgan fingerprint density at radius 3 is 3.05 bits per heavy atom. The van der Waals surface area contributed by atoms with Crippen molar-refractivity contribution in [3.8, 4) is 0 Å². The van der Waals surface area contributed by atoms with Crippen molar-refractivity contribution < 1.29 is 9.90 Å².